The van der Waals surface area contributed by atoms with Crippen molar-refractivity contribution < 1.29 is 9.53 Å². The van der Waals surface area contributed by atoms with Crippen molar-refractivity contribution in [3.63, 3.8) is 0 Å². The number of rotatable bonds is 4. The quantitative estimate of drug-likeness (QED) is 0.414. The normalized spacial score (nSPS) is 13.8. The van der Waals surface area contributed by atoms with Gasteiger partial charge in [0.1, 0.15) is 0 Å². The number of piperazine rings is 1. The van der Waals surface area contributed by atoms with Gasteiger partial charge in [0, 0.05) is 36.9 Å². The molecule has 1 fully saturated rings. The predicted octanol–water partition coefficient (Wildman–Crippen LogP) is 4.15. The Labute approximate surface area is 201 Å². The zero-order valence-corrected chi connectivity index (χ0v) is 19.4. The molecule has 0 radical (unpaired) electrons. The standard InChI is InChI=1S/C26H23ClN4O3/c1-34-25(33)18-10-11-22-23(16-18)28-26(31(24(22)32)21-9-5-6-19(27)17-21)30-14-12-29(13-15-30)20-7-3-2-4-8-20/h2-11,16-17H,12-15H2,1H3. The molecule has 1 aliphatic rings. The molecule has 7 nitrogen and oxygen atoms in total. The van der Waals surface area contributed by atoms with Gasteiger partial charge in [-0.2, -0.15) is 0 Å². The van der Waals surface area contributed by atoms with E-state index in [-0.39, 0.29) is 5.56 Å². The third-order valence-corrected chi connectivity index (χ3v) is 6.26. The fourth-order valence-corrected chi connectivity index (χ4v) is 4.47. The molecule has 4 aromatic rings. The number of para-hydroxylation sites is 1. The lowest BCUT2D eigenvalue weighted by Crippen LogP contribution is -2.48. The van der Waals surface area contributed by atoms with Crippen molar-refractivity contribution in [1.29, 1.82) is 0 Å². The highest BCUT2D eigenvalue weighted by atomic mass is 35.5. The molecule has 1 saturated heterocycles. The summed E-state index contributed by atoms with van der Waals surface area (Å²) in [6, 6.07) is 22.2. The number of aromatic nitrogens is 2. The van der Waals surface area contributed by atoms with Crippen LogP contribution in [0, 0.1) is 0 Å². The molecular formula is C26H23ClN4O3. The molecule has 0 N–H and O–H groups in total. The third-order valence-electron chi connectivity index (χ3n) is 6.02. The zero-order valence-electron chi connectivity index (χ0n) is 18.6. The van der Waals surface area contributed by atoms with E-state index in [9.17, 15) is 9.59 Å². The van der Waals surface area contributed by atoms with E-state index >= 15 is 0 Å². The lowest BCUT2D eigenvalue weighted by molar-refractivity contribution is 0.0601. The van der Waals surface area contributed by atoms with Crippen molar-refractivity contribution in [2.75, 3.05) is 43.1 Å². The SMILES string of the molecule is COC(=O)c1ccc2c(=O)n(-c3cccc(Cl)c3)c(N3CCN(c4ccccc4)CC3)nc2c1. The third kappa shape index (κ3) is 4.10. The molecule has 1 aromatic heterocycles. The molecule has 5 rings (SSSR count). The van der Waals surface area contributed by atoms with Crippen molar-refractivity contribution in [2.45, 2.75) is 0 Å². The topological polar surface area (TPSA) is 67.7 Å². The Bertz CT molecular complexity index is 1410. The second-order valence-electron chi connectivity index (χ2n) is 8.07. The van der Waals surface area contributed by atoms with E-state index in [1.54, 1.807) is 34.9 Å². The van der Waals surface area contributed by atoms with Crippen LogP contribution in [0.5, 0.6) is 0 Å². The summed E-state index contributed by atoms with van der Waals surface area (Å²) in [5, 5.41) is 0.949. The molecule has 8 heteroatoms. The van der Waals surface area contributed by atoms with Gasteiger partial charge in [0.15, 0.2) is 0 Å². The molecule has 3 aromatic carbocycles. The van der Waals surface area contributed by atoms with Crippen LogP contribution < -0.4 is 15.4 Å². The van der Waals surface area contributed by atoms with E-state index < -0.39 is 5.97 Å². The summed E-state index contributed by atoms with van der Waals surface area (Å²) in [6.07, 6.45) is 0. The Morgan fingerprint density at radius 2 is 1.59 bits per heavy atom. The summed E-state index contributed by atoms with van der Waals surface area (Å²) in [5.74, 6) is 0.0511. The maximum absolute atomic E-state index is 13.7. The van der Waals surface area contributed by atoms with Crippen molar-refractivity contribution >= 4 is 40.1 Å². The van der Waals surface area contributed by atoms with Crippen LogP contribution in [-0.4, -0.2) is 48.8 Å². The molecule has 0 amide bonds. The molecule has 0 aliphatic carbocycles. The zero-order chi connectivity index (χ0) is 23.7. The number of carbonyl (C=O) groups excluding carboxylic acids is 1. The number of anilines is 2. The van der Waals surface area contributed by atoms with Gasteiger partial charge in [-0.1, -0.05) is 35.9 Å². The van der Waals surface area contributed by atoms with Crippen molar-refractivity contribution in [3.05, 3.63) is 93.7 Å². The van der Waals surface area contributed by atoms with Gasteiger partial charge in [0.2, 0.25) is 5.95 Å². The van der Waals surface area contributed by atoms with Gasteiger partial charge in [-0.25, -0.2) is 14.3 Å². The molecule has 0 bridgehead atoms. The van der Waals surface area contributed by atoms with E-state index in [2.05, 4.69) is 21.9 Å². The molecule has 34 heavy (non-hydrogen) atoms. The van der Waals surface area contributed by atoms with Gasteiger partial charge in [-0.3, -0.25) is 4.79 Å². The van der Waals surface area contributed by atoms with Gasteiger partial charge in [-0.15, -0.1) is 0 Å². The highest BCUT2D eigenvalue weighted by molar-refractivity contribution is 6.30. The minimum atomic E-state index is -0.472. The predicted molar refractivity (Wildman–Crippen MR) is 135 cm³/mol. The second-order valence-corrected chi connectivity index (χ2v) is 8.50. The lowest BCUT2D eigenvalue weighted by Gasteiger charge is -2.37. The average molecular weight is 475 g/mol. The molecule has 0 spiro atoms. The van der Waals surface area contributed by atoms with Gasteiger partial charge in [0.05, 0.1) is 29.3 Å². The van der Waals surface area contributed by atoms with Crippen LogP contribution in [0.2, 0.25) is 5.02 Å². The summed E-state index contributed by atoms with van der Waals surface area (Å²) in [5.41, 5.74) is 2.39. The number of nitrogens with zero attached hydrogens (tertiary/aromatic N) is 4. The molecule has 2 heterocycles. The van der Waals surface area contributed by atoms with Crippen LogP contribution in [0.15, 0.2) is 77.6 Å². The number of methoxy groups -OCH3 is 1. The van der Waals surface area contributed by atoms with E-state index in [1.165, 1.54) is 12.8 Å². The minimum Gasteiger partial charge on any atom is -0.465 e. The van der Waals surface area contributed by atoms with Gasteiger partial charge >= 0.3 is 5.97 Å². The van der Waals surface area contributed by atoms with E-state index in [1.807, 2.05) is 30.3 Å². The first-order valence-electron chi connectivity index (χ1n) is 11.0. The Hall–Kier alpha value is -3.84. The Balaban J connectivity index is 1.60. The lowest BCUT2D eigenvalue weighted by atomic mass is 10.1. The highest BCUT2D eigenvalue weighted by Crippen LogP contribution is 2.24. The largest absolute Gasteiger partial charge is 0.465 e. The second kappa shape index (κ2) is 9.19. The number of esters is 1. The van der Waals surface area contributed by atoms with Crippen LogP contribution in [0.4, 0.5) is 11.6 Å². The molecule has 1 aliphatic heterocycles. The number of hydrogen-bond acceptors (Lipinski definition) is 6. The minimum absolute atomic E-state index is 0.218. The molecule has 172 valence electrons. The Morgan fingerprint density at radius 1 is 0.882 bits per heavy atom. The summed E-state index contributed by atoms with van der Waals surface area (Å²) in [6.45, 7) is 2.94. The van der Waals surface area contributed by atoms with Gasteiger partial charge in [0.25, 0.3) is 5.56 Å². The summed E-state index contributed by atoms with van der Waals surface area (Å²) < 4.78 is 6.44. The number of carbonyl (C=O) groups is 1. The van der Waals surface area contributed by atoms with Crippen LogP contribution in [-0.2, 0) is 4.74 Å². The summed E-state index contributed by atoms with van der Waals surface area (Å²) in [4.78, 5) is 35.0. The first kappa shape index (κ1) is 22.0. The van der Waals surface area contributed by atoms with Crippen molar-refractivity contribution in [3.8, 4) is 5.69 Å². The highest BCUT2D eigenvalue weighted by Gasteiger charge is 2.24. The summed E-state index contributed by atoms with van der Waals surface area (Å²) >= 11 is 6.25. The van der Waals surface area contributed by atoms with Gasteiger partial charge < -0.3 is 14.5 Å². The van der Waals surface area contributed by atoms with E-state index in [0.29, 0.717) is 46.2 Å². The fourth-order valence-electron chi connectivity index (χ4n) is 4.28. The first-order valence-corrected chi connectivity index (χ1v) is 11.4. The number of hydrogen-bond donors (Lipinski definition) is 0. The smallest absolute Gasteiger partial charge is 0.337 e. The van der Waals surface area contributed by atoms with Crippen LogP contribution in [0.3, 0.4) is 0 Å². The average Bonchev–Trinajstić information content (AvgIpc) is 2.88. The summed E-state index contributed by atoms with van der Waals surface area (Å²) in [7, 11) is 1.33. The first-order chi connectivity index (χ1) is 16.5. The monoisotopic (exact) mass is 474 g/mol. The van der Waals surface area contributed by atoms with Crippen molar-refractivity contribution in [1.82, 2.24) is 9.55 Å². The maximum Gasteiger partial charge on any atom is 0.337 e. The number of benzene rings is 3. The van der Waals surface area contributed by atoms with Crippen LogP contribution in [0.25, 0.3) is 16.6 Å². The van der Waals surface area contributed by atoms with E-state index in [4.69, 9.17) is 21.3 Å². The Kier molecular flexibility index (Phi) is 5.94. The molecule has 0 unspecified atom stereocenters. The number of ether oxygens (including phenoxy) is 1. The molecular weight excluding hydrogens is 452 g/mol. The van der Waals surface area contributed by atoms with Crippen LogP contribution >= 0.6 is 11.6 Å². The van der Waals surface area contributed by atoms with Crippen molar-refractivity contribution in [2.24, 2.45) is 0 Å². The Morgan fingerprint density at radius 3 is 2.29 bits per heavy atom. The fraction of sp³-hybridized carbons (Fsp3) is 0.192. The number of fused-ring (bicyclic) bond motifs is 1. The van der Waals surface area contributed by atoms with E-state index in [0.717, 1.165) is 13.1 Å². The van der Waals surface area contributed by atoms with Gasteiger partial charge in [-0.05, 0) is 48.5 Å². The molecule has 0 atom stereocenters. The molecule has 0 saturated carbocycles. The van der Waals surface area contributed by atoms with Crippen LogP contribution in [0.1, 0.15) is 10.4 Å². The number of halogens is 1. The maximum atomic E-state index is 13.7.